The Hall–Kier alpha value is -6.45. The number of methoxy groups -OCH3 is 1. The van der Waals surface area contributed by atoms with E-state index in [1.54, 1.807) is 52.0 Å². The van der Waals surface area contributed by atoms with Gasteiger partial charge in [0.1, 0.15) is 23.4 Å². The zero-order valence-corrected chi connectivity index (χ0v) is 41.1. The minimum absolute atomic E-state index is 0.0366. The van der Waals surface area contributed by atoms with E-state index in [9.17, 15) is 45.2 Å². The highest BCUT2D eigenvalue weighted by Crippen LogP contribution is 2.55. The van der Waals surface area contributed by atoms with Crippen LogP contribution in [0.5, 0.6) is 23.0 Å². The number of carbonyl (C=O) groups is 3. The molecule has 17 nitrogen and oxygen atoms in total. The van der Waals surface area contributed by atoms with Gasteiger partial charge in [-0.15, -0.1) is 0 Å². The number of phenols is 3. The van der Waals surface area contributed by atoms with E-state index in [1.807, 2.05) is 31.0 Å². The van der Waals surface area contributed by atoms with Gasteiger partial charge in [-0.3, -0.25) is 24.3 Å². The molecule has 4 heterocycles. The number of hydrogen-bond donors (Lipinski definition) is 6. The van der Waals surface area contributed by atoms with Crippen molar-refractivity contribution < 1.29 is 58.9 Å². The number of amides is 1. The fourth-order valence-corrected chi connectivity index (χ4v) is 9.72. The van der Waals surface area contributed by atoms with E-state index in [1.165, 1.54) is 59.4 Å². The van der Waals surface area contributed by atoms with Crippen LogP contribution in [0.15, 0.2) is 65.5 Å². The molecular formula is C52H65N5O12. The average molecular weight is 952 g/mol. The van der Waals surface area contributed by atoms with Crippen molar-refractivity contribution in [2.45, 2.75) is 118 Å². The van der Waals surface area contributed by atoms with E-state index in [2.05, 4.69) is 16.3 Å². The first-order chi connectivity index (χ1) is 32.5. The summed E-state index contributed by atoms with van der Waals surface area (Å²) in [5.41, 5.74) is 1.14. The van der Waals surface area contributed by atoms with Gasteiger partial charge in [-0.1, -0.05) is 58.1 Å². The Balaban J connectivity index is 1.47. The molecule has 0 unspecified atom stereocenters. The molecule has 6 N–H and O–H groups in total. The number of Topliss-reactive ketones (excluding diaryl/α,β-unsaturated/α-hetero) is 1. The van der Waals surface area contributed by atoms with Crippen molar-refractivity contribution in [3.63, 3.8) is 0 Å². The summed E-state index contributed by atoms with van der Waals surface area (Å²) >= 11 is 0. The number of aliphatic hydroxyl groups excluding tert-OH is 2. The number of nitriles is 1. The molecule has 11 atom stereocenters. The van der Waals surface area contributed by atoms with Crippen molar-refractivity contribution in [3.05, 3.63) is 88.2 Å². The maximum Gasteiger partial charge on any atom is 0.312 e. The van der Waals surface area contributed by atoms with Gasteiger partial charge in [0.25, 0.3) is 11.7 Å². The number of aromatic hydroxyl groups is 3. The lowest BCUT2D eigenvalue weighted by atomic mass is 9.78. The minimum Gasteiger partial charge on any atom is -0.507 e. The number of rotatable bonds is 6. The second kappa shape index (κ2) is 21.0. The summed E-state index contributed by atoms with van der Waals surface area (Å²) < 4.78 is 23.8. The summed E-state index contributed by atoms with van der Waals surface area (Å²) in [6.07, 6.45) is 4.77. The van der Waals surface area contributed by atoms with Gasteiger partial charge >= 0.3 is 11.8 Å². The van der Waals surface area contributed by atoms with Crippen LogP contribution >= 0.6 is 0 Å². The highest BCUT2D eigenvalue weighted by molar-refractivity contribution is 6.23. The van der Waals surface area contributed by atoms with Crippen LogP contribution in [-0.4, -0.2) is 122 Å². The van der Waals surface area contributed by atoms with Crippen molar-refractivity contribution >= 4 is 40.3 Å². The topological polar surface area (TPSA) is 244 Å². The van der Waals surface area contributed by atoms with Gasteiger partial charge in [-0.2, -0.15) is 10.4 Å². The Morgan fingerprint density at radius 2 is 1.59 bits per heavy atom. The molecule has 0 aliphatic carbocycles. The standard InChI is InChI=1S/C52H65N5O12/c1-26-13-12-14-27(2)51(65)55-42-37(22-54-57-28(3)23-56(24-29(57)4)25-36-17-15-35(21-53)16-18-36)46(62)39-40(47(42)63)45(61)33(8)49-41(39)50(64)52(10,69-49)67-20-19-38(66-11)30(5)48(68-34(9)58)32(7)44(60)31(6)43(26)59/h12-20,22,26,28-32,38,43-44,48,59-63H,23-25H2,1-11H3,(H,55,65)/t26-,28-,29+,30+,31-,32-,38+,43-,44-,48-,52-/m0/s1. The highest BCUT2D eigenvalue weighted by atomic mass is 16.7. The van der Waals surface area contributed by atoms with Crippen LogP contribution in [-0.2, 0) is 30.3 Å². The van der Waals surface area contributed by atoms with Crippen molar-refractivity contribution in [1.82, 2.24) is 9.91 Å². The number of esters is 1. The van der Waals surface area contributed by atoms with Gasteiger partial charge in [0.05, 0.1) is 76.7 Å². The van der Waals surface area contributed by atoms with Gasteiger partial charge in [-0.05, 0) is 51.5 Å². The van der Waals surface area contributed by atoms with Crippen molar-refractivity contribution in [2.75, 3.05) is 25.5 Å². The summed E-state index contributed by atoms with van der Waals surface area (Å²) in [4.78, 5) is 43.4. The molecule has 4 aliphatic rings. The van der Waals surface area contributed by atoms with E-state index in [4.69, 9.17) is 24.0 Å². The molecule has 5 bridgehead atoms. The smallest absolute Gasteiger partial charge is 0.312 e. The molecule has 0 spiro atoms. The van der Waals surface area contributed by atoms with E-state index in [0.717, 1.165) is 5.56 Å². The number of nitrogens with zero attached hydrogens (tertiary/aromatic N) is 4. The number of fused-ring (bicyclic) bond motifs is 14. The number of phenolic OH excluding ortho intramolecular Hbond substituents is 3. The number of hydrogen-bond acceptors (Lipinski definition) is 16. The lowest BCUT2D eigenvalue weighted by Crippen LogP contribution is -2.54. The zero-order valence-electron chi connectivity index (χ0n) is 41.1. The fraction of sp³-hybridized carbons (Fsp3) is 0.481. The number of ether oxygens (including phenoxy) is 4. The highest BCUT2D eigenvalue weighted by Gasteiger charge is 2.50. The van der Waals surface area contributed by atoms with Gasteiger partial charge < -0.3 is 49.8 Å². The van der Waals surface area contributed by atoms with Gasteiger partial charge in [0.2, 0.25) is 0 Å². The molecule has 7 rings (SSSR count). The number of anilines is 1. The number of carbonyl (C=O) groups excluding carboxylic acids is 3. The molecule has 1 fully saturated rings. The third-order valence-electron chi connectivity index (χ3n) is 13.8. The van der Waals surface area contributed by atoms with Gasteiger partial charge in [0.15, 0.2) is 5.75 Å². The molecule has 17 heteroatoms. The Morgan fingerprint density at radius 3 is 2.20 bits per heavy atom. The summed E-state index contributed by atoms with van der Waals surface area (Å²) in [6.45, 7) is 18.3. The lowest BCUT2D eigenvalue weighted by Gasteiger charge is -2.42. The predicted octanol–water partition coefficient (Wildman–Crippen LogP) is 6.55. The fourth-order valence-electron chi connectivity index (χ4n) is 9.72. The number of piperazine rings is 1. The minimum atomic E-state index is -2.08. The lowest BCUT2D eigenvalue weighted by molar-refractivity contribution is -0.160. The first kappa shape index (κ1) is 51.9. The van der Waals surface area contributed by atoms with Crippen molar-refractivity contribution in [3.8, 4) is 29.1 Å². The van der Waals surface area contributed by atoms with E-state index in [-0.39, 0.29) is 56.6 Å². The Labute approximate surface area is 402 Å². The number of nitrogens with one attached hydrogen (secondary N) is 1. The second-order valence-electron chi connectivity index (χ2n) is 18.9. The molecule has 0 saturated carbocycles. The van der Waals surface area contributed by atoms with E-state index < -0.39 is 88.8 Å². The first-order valence-corrected chi connectivity index (χ1v) is 23.2. The third kappa shape index (κ3) is 10.4. The molecule has 4 aliphatic heterocycles. The third-order valence-corrected chi connectivity index (χ3v) is 13.8. The van der Waals surface area contributed by atoms with Crippen LogP contribution in [0.4, 0.5) is 5.69 Å². The number of benzene rings is 3. The first-order valence-electron chi connectivity index (χ1n) is 23.2. The number of allylic oxidation sites excluding steroid dienone is 2. The Morgan fingerprint density at radius 1 is 0.942 bits per heavy atom. The van der Waals surface area contributed by atoms with Gasteiger partial charge in [-0.25, -0.2) is 0 Å². The Kier molecular flexibility index (Phi) is 15.8. The summed E-state index contributed by atoms with van der Waals surface area (Å²) in [5, 5.41) is 77.3. The summed E-state index contributed by atoms with van der Waals surface area (Å²) in [5.74, 6) is -8.62. The molecule has 0 radical (unpaired) electrons. The molecule has 1 saturated heterocycles. The molecule has 3 aromatic rings. The maximum absolute atomic E-state index is 14.7. The molecule has 370 valence electrons. The molecule has 0 aromatic heterocycles. The molecular weight excluding hydrogens is 887 g/mol. The second-order valence-corrected chi connectivity index (χ2v) is 18.9. The SMILES string of the molecule is CO[C@@H]1C=CO[C@@]2(C)Oc3c(C)c(O)c4c(O)c(c(C=NN5[C@H](C)CN(Cc6ccc(C#N)cc6)C[C@@H]5C)c(O)c4c3C2=O)NC(=O)C(C)=CC=C[C@H](C)[C@H](O)[C@H](C)[C@H](O)[C@H](C)[C@@H](OC(C)=O)[C@@H]1C. The number of hydrazone groups is 1. The number of ketones is 1. The monoisotopic (exact) mass is 951 g/mol. The Bertz CT molecular complexity index is 2610. The van der Waals surface area contributed by atoms with Crippen LogP contribution in [0.1, 0.15) is 94.9 Å². The largest absolute Gasteiger partial charge is 0.507 e. The molecule has 1 amide bonds. The maximum atomic E-state index is 14.7. The van der Waals surface area contributed by atoms with Crippen LogP contribution in [0.3, 0.4) is 0 Å². The van der Waals surface area contributed by atoms with Crippen molar-refractivity contribution in [2.24, 2.45) is 28.8 Å². The normalized spacial score (nSPS) is 29.4. The molecule has 69 heavy (non-hydrogen) atoms. The average Bonchev–Trinajstić information content (AvgIpc) is 3.57. The summed E-state index contributed by atoms with van der Waals surface area (Å²) in [6, 6.07) is 9.23. The zero-order chi connectivity index (χ0) is 50.8. The van der Waals surface area contributed by atoms with Crippen LogP contribution < -0.4 is 10.1 Å². The summed E-state index contributed by atoms with van der Waals surface area (Å²) in [7, 11) is 1.43. The van der Waals surface area contributed by atoms with Crippen molar-refractivity contribution in [1.29, 1.82) is 5.26 Å². The van der Waals surface area contributed by atoms with Crippen LogP contribution in [0.2, 0.25) is 0 Å². The number of aliphatic hydroxyl groups is 2. The van der Waals surface area contributed by atoms with Gasteiger partial charge in [0, 0.05) is 80.8 Å². The van der Waals surface area contributed by atoms with Crippen LogP contribution in [0.25, 0.3) is 10.8 Å². The van der Waals surface area contributed by atoms with E-state index >= 15 is 0 Å². The predicted molar refractivity (Wildman–Crippen MR) is 259 cm³/mol. The molecule has 3 aromatic carbocycles. The quantitative estimate of drug-likeness (QED) is 0.0664. The van der Waals surface area contributed by atoms with Crippen LogP contribution in [0, 0.1) is 41.9 Å². The van der Waals surface area contributed by atoms with E-state index in [0.29, 0.717) is 25.2 Å².